The standard InChI is InChI=1S/C21H46NO5P/c1-5-9-10-11-12-13-14-15-16-17-18-26-28(24,25)27-20-21(23)19-22(6-2,7-3)8-4/h21,23H,5-20H2,1-4H3. The van der Waals surface area contributed by atoms with Gasteiger partial charge >= 0.3 is 0 Å². The number of quaternary nitrogens is 1. The molecule has 0 aromatic carbocycles. The Bertz CT molecular complexity index is 396. The number of nitrogens with zero attached hydrogens (tertiary/aromatic N) is 1. The van der Waals surface area contributed by atoms with Gasteiger partial charge in [-0.1, -0.05) is 64.7 Å². The van der Waals surface area contributed by atoms with Gasteiger partial charge in [0.15, 0.2) is 0 Å². The Morgan fingerprint density at radius 2 is 1.29 bits per heavy atom. The maximum Gasteiger partial charge on any atom is 0.267 e. The fraction of sp³-hybridized carbons (Fsp3) is 1.00. The van der Waals surface area contributed by atoms with Crippen molar-refractivity contribution in [2.24, 2.45) is 0 Å². The van der Waals surface area contributed by atoms with Gasteiger partial charge in [-0.05, 0) is 27.2 Å². The lowest BCUT2D eigenvalue weighted by Crippen LogP contribution is -2.52. The molecule has 0 rings (SSSR count). The number of phosphoric ester groups is 1. The molecule has 0 heterocycles. The highest BCUT2D eigenvalue weighted by Crippen LogP contribution is 2.38. The van der Waals surface area contributed by atoms with Crippen molar-refractivity contribution in [3.63, 3.8) is 0 Å². The summed E-state index contributed by atoms with van der Waals surface area (Å²) in [5, 5.41) is 10.1. The second kappa shape index (κ2) is 16.8. The number of phosphoric acid groups is 1. The van der Waals surface area contributed by atoms with Crippen LogP contribution in [0.25, 0.3) is 0 Å². The van der Waals surface area contributed by atoms with Crippen molar-refractivity contribution < 1.29 is 28.1 Å². The van der Waals surface area contributed by atoms with Crippen LogP contribution in [0.3, 0.4) is 0 Å². The van der Waals surface area contributed by atoms with Crippen LogP contribution in [-0.2, 0) is 13.6 Å². The van der Waals surface area contributed by atoms with Gasteiger partial charge in [-0.3, -0.25) is 4.57 Å². The molecule has 1 N–H and O–H groups in total. The molecule has 0 radical (unpaired) electrons. The summed E-state index contributed by atoms with van der Waals surface area (Å²) in [5.41, 5.74) is 0. The normalized spacial score (nSPS) is 15.5. The molecule has 7 heteroatoms. The van der Waals surface area contributed by atoms with Gasteiger partial charge in [0.1, 0.15) is 12.6 Å². The van der Waals surface area contributed by atoms with Gasteiger partial charge in [0, 0.05) is 0 Å². The van der Waals surface area contributed by atoms with E-state index in [0.29, 0.717) is 6.54 Å². The summed E-state index contributed by atoms with van der Waals surface area (Å²) >= 11 is 0. The van der Waals surface area contributed by atoms with E-state index in [1.807, 2.05) is 0 Å². The van der Waals surface area contributed by atoms with Gasteiger partial charge in [0.05, 0.1) is 32.8 Å². The zero-order valence-electron chi connectivity index (χ0n) is 18.9. The van der Waals surface area contributed by atoms with Gasteiger partial charge < -0.3 is 23.5 Å². The zero-order chi connectivity index (χ0) is 21.3. The third-order valence-electron chi connectivity index (χ3n) is 5.78. The molecule has 0 aliphatic carbocycles. The molecule has 0 spiro atoms. The highest BCUT2D eigenvalue weighted by atomic mass is 31.2. The highest BCUT2D eigenvalue weighted by Gasteiger charge is 2.26. The number of rotatable bonds is 20. The first kappa shape index (κ1) is 28.0. The quantitative estimate of drug-likeness (QED) is 0.175. The van der Waals surface area contributed by atoms with Gasteiger partial charge in [-0.15, -0.1) is 0 Å². The van der Waals surface area contributed by atoms with Crippen LogP contribution in [0.4, 0.5) is 0 Å². The Labute approximate surface area is 173 Å². The lowest BCUT2D eigenvalue weighted by atomic mass is 10.1. The molecule has 6 nitrogen and oxygen atoms in total. The van der Waals surface area contributed by atoms with E-state index >= 15 is 0 Å². The van der Waals surface area contributed by atoms with Crippen molar-refractivity contribution in [3.8, 4) is 0 Å². The first-order valence-corrected chi connectivity index (χ1v) is 12.9. The average Bonchev–Trinajstić information content (AvgIpc) is 2.69. The average molecular weight is 424 g/mol. The van der Waals surface area contributed by atoms with Crippen molar-refractivity contribution in [1.29, 1.82) is 0 Å². The van der Waals surface area contributed by atoms with Crippen molar-refractivity contribution >= 4 is 7.82 Å². The van der Waals surface area contributed by atoms with Crippen LogP contribution in [0.1, 0.15) is 91.9 Å². The smallest absolute Gasteiger partial charge is 0.267 e. The third-order valence-corrected chi connectivity index (χ3v) is 6.75. The van der Waals surface area contributed by atoms with Crippen LogP contribution in [0.5, 0.6) is 0 Å². The number of hydrogen-bond acceptors (Lipinski definition) is 5. The SMILES string of the molecule is CCCCCCCCCCCCOP(=O)([O-])OCC(O)C[N+](CC)(CC)CC. The predicted octanol–water partition coefficient (Wildman–Crippen LogP) is 4.65. The first-order chi connectivity index (χ1) is 13.3. The van der Waals surface area contributed by atoms with E-state index in [9.17, 15) is 14.6 Å². The monoisotopic (exact) mass is 423 g/mol. The Kier molecular flexibility index (Phi) is 16.8. The summed E-state index contributed by atoms with van der Waals surface area (Å²) in [6.07, 6.45) is 11.0. The second-order valence-electron chi connectivity index (χ2n) is 7.88. The van der Waals surface area contributed by atoms with Crippen LogP contribution in [0, 0.1) is 0 Å². The van der Waals surface area contributed by atoms with E-state index in [1.165, 1.54) is 44.9 Å². The van der Waals surface area contributed by atoms with Crippen LogP contribution in [0.2, 0.25) is 0 Å². The fourth-order valence-electron chi connectivity index (χ4n) is 3.54. The Morgan fingerprint density at radius 1 is 0.821 bits per heavy atom. The molecule has 28 heavy (non-hydrogen) atoms. The van der Waals surface area contributed by atoms with Crippen LogP contribution in [0.15, 0.2) is 0 Å². The third kappa shape index (κ3) is 14.1. The minimum atomic E-state index is -4.33. The lowest BCUT2D eigenvalue weighted by Gasteiger charge is -2.37. The summed E-state index contributed by atoms with van der Waals surface area (Å²) in [7, 11) is -4.33. The molecule has 0 aliphatic rings. The summed E-state index contributed by atoms with van der Waals surface area (Å²) in [6.45, 7) is 11.6. The number of likely N-dealkylation sites (N-methyl/N-ethyl adjacent to an activating group) is 1. The van der Waals surface area contributed by atoms with Crippen LogP contribution < -0.4 is 4.89 Å². The Balaban J connectivity index is 3.79. The van der Waals surface area contributed by atoms with Gasteiger partial charge in [0.25, 0.3) is 7.82 Å². The largest absolute Gasteiger partial charge is 0.756 e. The minimum absolute atomic E-state index is 0.159. The number of aliphatic hydroxyl groups is 1. The summed E-state index contributed by atoms with van der Waals surface area (Å²) in [6, 6.07) is 0. The van der Waals surface area contributed by atoms with E-state index < -0.39 is 13.9 Å². The summed E-state index contributed by atoms with van der Waals surface area (Å²) in [4.78, 5) is 11.8. The highest BCUT2D eigenvalue weighted by molar-refractivity contribution is 7.45. The molecule has 2 atom stereocenters. The molecule has 0 bridgehead atoms. The van der Waals surface area contributed by atoms with E-state index in [2.05, 4.69) is 27.7 Å². The van der Waals surface area contributed by atoms with Crippen LogP contribution in [-0.4, -0.2) is 55.1 Å². The number of aliphatic hydroxyl groups excluding tert-OH is 1. The molecule has 0 saturated heterocycles. The molecule has 170 valence electrons. The molecule has 2 unspecified atom stereocenters. The molecular formula is C21H46NO5P. The molecular weight excluding hydrogens is 377 g/mol. The fourth-order valence-corrected chi connectivity index (χ4v) is 4.32. The molecule has 0 saturated carbocycles. The van der Waals surface area contributed by atoms with Gasteiger partial charge in [-0.2, -0.15) is 0 Å². The topological polar surface area (TPSA) is 78.8 Å². The minimum Gasteiger partial charge on any atom is -0.756 e. The molecule has 0 aromatic rings. The molecule has 0 aromatic heterocycles. The van der Waals surface area contributed by atoms with E-state index in [0.717, 1.165) is 43.4 Å². The maximum absolute atomic E-state index is 11.8. The van der Waals surface area contributed by atoms with Crippen molar-refractivity contribution in [2.45, 2.75) is 98.0 Å². The number of unbranched alkanes of at least 4 members (excludes halogenated alkanes) is 9. The Hall–Kier alpha value is 0.0300. The van der Waals surface area contributed by atoms with Gasteiger partial charge in [0.2, 0.25) is 0 Å². The Morgan fingerprint density at radius 3 is 1.75 bits per heavy atom. The molecule has 0 fully saturated rings. The van der Waals surface area contributed by atoms with Crippen molar-refractivity contribution in [3.05, 3.63) is 0 Å². The predicted molar refractivity (Wildman–Crippen MR) is 114 cm³/mol. The lowest BCUT2D eigenvalue weighted by molar-refractivity contribution is -0.926. The summed E-state index contributed by atoms with van der Waals surface area (Å²) in [5.74, 6) is 0. The maximum atomic E-state index is 11.8. The van der Waals surface area contributed by atoms with Crippen molar-refractivity contribution in [1.82, 2.24) is 0 Å². The summed E-state index contributed by atoms with van der Waals surface area (Å²) < 4.78 is 22.4. The molecule has 0 amide bonds. The van der Waals surface area contributed by atoms with Gasteiger partial charge in [-0.25, -0.2) is 0 Å². The molecule has 0 aliphatic heterocycles. The van der Waals surface area contributed by atoms with E-state index in [1.54, 1.807) is 0 Å². The number of hydrogen-bond donors (Lipinski definition) is 1. The van der Waals surface area contributed by atoms with Crippen molar-refractivity contribution in [2.75, 3.05) is 39.4 Å². The second-order valence-corrected chi connectivity index (χ2v) is 9.30. The zero-order valence-corrected chi connectivity index (χ0v) is 19.8. The first-order valence-electron chi connectivity index (χ1n) is 11.5. The van der Waals surface area contributed by atoms with Crippen LogP contribution >= 0.6 is 7.82 Å². The van der Waals surface area contributed by atoms with E-state index in [-0.39, 0.29) is 13.2 Å². The van der Waals surface area contributed by atoms with E-state index in [4.69, 9.17) is 9.05 Å².